The smallest absolute Gasteiger partial charge is 0.367 e. The highest BCUT2D eigenvalue weighted by molar-refractivity contribution is 7.22. The van der Waals surface area contributed by atoms with Gasteiger partial charge in [0.15, 0.2) is 5.13 Å². The molecule has 11 heteroatoms. The monoisotopic (exact) mass is 568 g/mol. The third-order valence-electron chi connectivity index (χ3n) is 7.92. The molecule has 2 aliphatic heterocycles. The van der Waals surface area contributed by atoms with E-state index in [1.165, 1.54) is 6.07 Å². The quantitative estimate of drug-likeness (QED) is 0.329. The molecule has 0 N–H and O–H groups in total. The van der Waals surface area contributed by atoms with Crippen LogP contribution in [0.2, 0.25) is 0 Å². The Bertz CT molecular complexity index is 1540. The van der Waals surface area contributed by atoms with Gasteiger partial charge in [0.25, 0.3) is 0 Å². The first kappa shape index (κ1) is 26.6. The highest BCUT2D eigenvalue weighted by Crippen LogP contribution is 2.41. The number of halogens is 3. The number of anilines is 2. The van der Waals surface area contributed by atoms with E-state index in [-0.39, 0.29) is 18.5 Å². The highest BCUT2D eigenvalue weighted by Gasteiger charge is 2.38. The lowest BCUT2D eigenvalue weighted by Crippen LogP contribution is -2.55. The van der Waals surface area contributed by atoms with Crippen LogP contribution in [0, 0.1) is 13.8 Å². The maximum absolute atomic E-state index is 14.0. The van der Waals surface area contributed by atoms with E-state index in [1.54, 1.807) is 22.1 Å². The molecule has 1 saturated heterocycles. The Morgan fingerprint density at radius 3 is 2.55 bits per heavy atom. The molecule has 1 unspecified atom stereocenters. The first-order valence-corrected chi connectivity index (χ1v) is 14.3. The first-order valence-electron chi connectivity index (χ1n) is 13.5. The lowest BCUT2D eigenvalue weighted by Gasteiger charge is -2.43. The summed E-state index contributed by atoms with van der Waals surface area (Å²) in [6.45, 7) is 8.43. The number of benzene rings is 2. The summed E-state index contributed by atoms with van der Waals surface area (Å²) >= 11 is 1.56. The van der Waals surface area contributed by atoms with Crippen molar-refractivity contribution in [2.75, 3.05) is 36.0 Å². The molecular weight excluding hydrogens is 537 g/mol. The molecule has 210 valence electrons. The summed E-state index contributed by atoms with van der Waals surface area (Å²) in [5, 5.41) is 5.24. The second kappa shape index (κ2) is 10.1. The standard InChI is InChI=1S/C29H31F3N6OS/c1-18-14-19(2)38(34-18)17-27(39)37-13-12-35(15-20(37)3)25-9-8-23(29(30,31)32)21-10-11-36(16-22(21)25)28-33-24-6-4-5-7-26(24)40-28/h4-9,14,20H,10-13,15-17H2,1-3H3. The number of rotatable bonds is 4. The van der Waals surface area contributed by atoms with Crippen molar-refractivity contribution in [2.24, 2.45) is 0 Å². The van der Waals surface area contributed by atoms with Crippen LogP contribution in [0.25, 0.3) is 10.2 Å². The lowest BCUT2D eigenvalue weighted by atomic mass is 9.91. The number of aryl methyl sites for hydroxylation is 2. The van der Waals surface area contributed by atoms with Crippen LogP contribution in [0.3, 0.4) is 0 Å². The zero-order valence-corrected chi connectivity index (χ0v) is 23.5. The summed E-state index contributed by atoms with van der Waals surface area (Å²) in [6.07, 6.45) is -4.12. The molecule has 6 rings (SSSR count). The summed E-state index contributed by atoms with van der Waals surface area (Å²) < 4.78 is 44.9. The Balaban J connectivity index is 1.26. The molecule has 0 bridgehead atoms. The summed E-state index contributed by atoms with van der Waals surface area (Å²) in [7, 11) is 0. The van der Waals surface area contributed by atoms with Crippen LogP contribution in [0.1, 0.15) is 35.0 Å². The predicted octanol–water partition coefficient (Wildman–Crippen LogP) is 5.43. The molecule has 7 nitrogen and oxygen atoms in total. The summed E-state index contributed by atoms with van der Waals surface area (Å²) in [5.41, 5.74) is 4.04. The average molecular weight is 569 g/mol. The first-order chi connectivity index (χ1) is 19.1. The van der Waals surface area contributed by atoms with Crippen LogP contribution < -0.4 is 9.80 Å². The van der Waals surface area contributed by atoms with Gasteiger partial charge < -0.3 is 14.7 Å². The van der Waals surface area contributed by atoms with Crippen LogP contribution in [0.4, 0.5) is 24.0 Å². The van der Waals surface area contributed by atoms with Gasteiger partial charge in [-0.05, 0) is 68.7 Å². The van der Waals surface area contributed by atoms with Gasteiger partial charge in [0.2, 0.25) is 5.91 Å². The number of amides is 1. The second-order valence-corrected chi connectivity index (χ2v) is 11.7. The minimum atomic E-state index is -4.41. The van der Waals surface area contributed by atoms with Crippen molar-refractivity contribution in [3.8, 4) is 0 Å². The predicted molar refractivity (Wildman–Crippen MR) is 151 cm³/mol. The Hall–Kier alpha value is -3.60. The van der Waals surface area contributed by atoms with Crippen molar-refractivity contribution in [2.45, 2.75) is 52.5 Å². The number of alkyl halides is 3. The van der Waals surface area contributed by atoms with Crippen molar-refractivity contribution in [1.29, 1.82) is 0 Å². The Labute approximate surface area is 234 Å². The number of aromatic nitrogens is 3. The van der Waals surface area contributed by atoms with E-state index in [0.29, 0.717) is 50.3 Å². The number of carbonyl (C=O) groups is 1. The van der Waals surface area contributed by atoms with Gasteiger partial charge in [0.05, 0.1) is 21.5 Å². The van der Waals surface area contributed by atoms with Crippen LogP contribution in [-0.4, -0.2) is 57.8 Å². The zero-order valence-electron chi connectivity index (χ0n) is 22.7. The molecule has 0 radical (unpaired) electrons. The average Bonchev–Trinajstić information content (AvgIpc) is 3.49. The molecule has 0 aliphatic carbocycles. The van der Waals surface area contributed by atoms with Gasteiger partial charge >= 0.3 is 6.18 Å². The normalized spacial score (nSPS) is 17.9. The fraction of sp³-hybridized carbons (Fsp3) is 0.414. The fourth-order valence-electron chi connectivity index (χ4n) is 5.98. The van der Waals surface area contributed by atoms with Crippen molar-refractivity contribution in [3.63, 3.8) is 0 Å². The molecule has 2 aliphatic rings. The molecule has 2 aromatic heterocycles. The Morgan fingerprint density at radius 1 is 1.05 bits per heavy atom. The molecule has 4 heterocycles. The molecule has 0 spiro atoms. The van der Waals surface area contributed by atoms with E-state index >= 15 is 0 Å². The maximum atomic E-state index is 14.0. The zero-order chi connectivity index (χ0) is 28.2. The van der Waals surface area contributed by atoms with Gasteiger partial charge in [-0.2, -0.15) is 18.3 Å². The molecule has 1 fully saturated rings. The third-order valence-corrected chi connectivity index (χ3v) is 9.02. The van der Waals surface area contributed by atoms with E-state index in [9.17, 15) is 18.0 Å². The van der Waals surface area contributed by atoms with Crippen LogP contribution >= 0.6 is 11.3 Å². The number of fused-ring (bicyclic) bond motifs is 2. The fourth-order valence-corrected chi connectivity index (χ4v) is 6.97. The molecule has 1 amide bonds. The number of thiazole rings is 1. The summed E-state index contributed by atoms with van der Waals surface area (Å²) in [6, 6.07) is 12.6. The largest absolute Gasteiger partial charge is 0.416 e. The van der Waals surface area contributed by atoms with Crippen molar-refractivity contribution < 1.29 is 18.0 Å². The van der Waals surface area contributed by atoms with Crippen LogP contribution in [0.5, 0.6) is 0 Å². The minimum absolute atomic E-state index is 0.00481. The molecule has 4 aromatic rings. The van der Waals surface area contributed by atoms with Gasteiger partial charge in [-0.15, -0.1) is 0 Å². The minimum Gasteiger partial charge on any atom is -0.367 e. The van der Waals surface area contributed by atoms with E-state index in [1.807, 2.05) is 56.0 Å². The van der Waals surface area contributed by atoms with E-state index < -0.39 is 11.7 Å². The summed E-state index contributed by atoms with van der Waals surface area (Å²) in [4.78, 5) is 24.0. The van der Waals surface area contributed by atoms with Gasteiger partial charge in [-0.3, -0.25) is 9.48 Å². The number of hydrogen-bond acceptors (Lipinski definition) is 6. The molecule has 0 saturated carbocycles. The Kier molecular flexibility index (Phi) is 6.72. The molecule has 40 heavy (non-hydrogen) atoms. The number of carbonyl (C=O) groups excluding carboxylic acids is 1. The van der Waals surface area contributed by atoms with Crippen LogP contribution in [-0.2, 0) is 30.5 Å². The number of piperazine rings is 1. The molecule has 1 atom stereocenters. The maximum Gasteiger partial charge on any atom is 0.416 e. The third kappa shape index (κ3) is 4.91. The number of nitrogens with zero attached hydrogens (tertiary/aromatic N) is 6. The molecular formula is C29H31F3N6OS. The van der Waals surface area contributed by atoms with Gasteiger partial charge in [0.1, 0.15) is 6.54 Å². The number of para-hydroxylation sites is 1. The topological polar surface area (TPSA) is 57.5 Å². The number of hydrogen-bond donors (Lipinski definition) is 0. The second-order valence-electron chi connectivity index (χ2n) is 10.7. The van der Waals surface area contributed by atoms with Crippen molar-refractivity contribution >= 4 is 38.3 Å². The van der Waals surface area contributed by atoms with Gasteiger partial charge in [-0.1, -0.05) is 23.5 Å². The Morgan fingerprint density at radius 2 is 1.85 bits per heavy atom. The SMILES string of the molecule is Cc1cc(C)n(CC(=O)N2CCN(c3ccc(C(F)(F)F)c4c3CN(c3nc5ccccc5s3)CC4)CC2C)n1. The highest BCUT2D eigenvalue weighted by atomic mass is 32.1. The van der Waals surface area contributed by atoms with Crippen LogP contribution in [0.15, 0.2) is 42.5 Å². The molecule has 2 aromatic carbocycles. The van der Waals surface area contributed by atoms with Gasteiger partial charge in [-0.25, -0.2) is 4.98 Å². The van der Waals surface area contributed by atoms with Gasteiger partial charge in [0, 0.05) is 50.1 Å². The van der Waals surface area contributed by atoms with Crippen molar-refractivity contribution in [1.82, 2.24) is 19.7 Å². The van der Waals surface area contributed by atoms with E-state index in [0.717, 1.165) is 32.4 Å². The van der Waals surface area contributed by atoms with Crippen molar-refractivity contribution in [3.05, 3.63) is 70.5 Å². The summed E-state index contributed by atoms with van der Waals surface area (Å²) in [5.74, 6) is -0.00481. The lowest BCUT2D eigenvalue weighted by molar-refractivity contribution is -0.138. The van der Waals surface area contributed by atoms with E-state index in [2.05, 4.69) is 14.9 Å². The van der Waals surface area contributed by atoms with E-state index in [4.69, 9.17) is 4.98 Å².